The van der Waals surface area contributed by atoms with Crippen molar-refractivity contribution in [2.24, 2.45) is 0 Å². The van der Waals surface area contributed by atoms with E-state index in [0.29, 0.717) is 6.04 Å². The minimum atomic E-state index is 0.436. The summed E-state index contributed by atoms with van der Waals surface area (Å²) >= 11 is 0. The highest BCUT2D eigenvalue weighted by atomic mass is 16.5. The van der Waals surface area contributed by atoms with Crippen LogP contribution in [0.4, 0.5) is 0 Å². The molecule has 1 aromatic rings. The fraction of sp³-hybridized carbons (Fsp3) is 0.625. The predicted octanol–water partition coefficient (Wildman–Crippen LogP) is 2.52. The fourth-order valence-corrected chi connectivity index (χ4v) is 2.24. The Morgan fingerprint density at radius 1 is 1.15 bits per heavy atom. The molecule has 0 heterocycles. The molecule has 1 atom stereocenters. The van der Waals surface area contributed by atoms with Crippen LogP contribution >= 0.6 is 0 Å². The standard InChI is InChI=1S/C16H28N2O2/c1-6-18(7-2)12-13(3)17-11-14-10-15(19-4)8-9-16(14)20-5/h8-10,13,17H,6-7,11-12H2,1-5H3. The number of methoxy groups -OCH3 is 2. The number of rotatable bonds is 9. The molecule has 0 aromatic heterocycles. The average molecular weight is 280 g/mol. The molecule has 0 spiro atoms. The van der Waals surface area contributed by atoms with Crippen LogP contribution in [-0.2, 0) is 6.54 Å². The molecule has 0 bridgehead atoms. The highest BCUT2D eigenvalue weighted by Gasteiger charge is 2.09. The second kappa shape index (κ2) is 8.82. The van der Waals surface area contributed by atoms with Gasteiger partial charge in [-0.1, -0.05) is 13.8 Å². The molecule has 0 saturated heterocycles. The van der Waals surface area contributed by atoms with Gasteiger partial charge in [-0.15, -0.1) is 0 Å². The third-order valence-electron chi connectivity index (χ3n) is 3.56. The highest BCUT2D eigenvalue weighted by Crippen LogP contribution is 2.23. The van der Waals surface area contributed by atoms with Gasteiger partial charge in [0.1, 0.15) is 11.5 Å². The van der Waals surface area contributed by atoms with Crippen LogP contribution in [0.15, 0.2) is 18.2 Å². The van der Waals surface area contributed by atoms with Gasteiger partial charge in [0.25, 0.3) is 0 Å². The van der Waals surface area contributed by atoms with Gasteiger partial charge >= 0.3 is 0 Å². The number of benzene rings is 1. The molecule has 0 radical (unpaired) electrons. The van der Waals surface area contributed by atoms with Crippen LogP contribution in [0.3, 0.4) is 0 Å². The molecule has 4 heteroatoms. The summed E-state index contributed by atoms with van der Waals surface area (Å²) in [6.45, 7) is 10.6. The summed E-state index contributed by atoms with van der Waals surface area (Å²) in [7, 11) is 3.38. The highest BCUT2D eigenvalue weighted by molar-refractivity contribution is 5.40. The van der Waals surface area contributed by atoms with Crippen molar-refractivity contribution in [2.45, 2.75) is 33.4 Å². The molecule has 4 nitrogen and oxygen atoms in total. The largest absolute Gasteiger partial charge is 0.497 e. The molecule has 0 fully saturated rings. The third kappa shape index (κ3) is 5.02. The lowest BCUT2D eigenvalue weighted by molar-refractivity contribution is 0.270. The van der Waals surface area contributed by atoms with Crippen LogP contribution < -0.4 is 14.8 Å². The molecule has 1 unspecified atom stereocenters. The molecule has 1 rings (SSSR count). The molecule has 0 saturated carbocycles. The van der Waals surface area contributed by atoms with Crippen molar-refractivity contribution < 1.29 is 9.47 Å². The van der Waals surface area contributed by atoms with E-state index in [2.05, 4.69) is 31.0 Å². The van der Waals surface area contributed by atoms with Crippen LogP contribution in [0.2, 0.25) is 0 Å². The van der Waals surface area contributed by atoms with Crippen LogP contribution in [-0.4, -0.2) is 44.8 Å². The summed E-state index contributed by atoms with van der Waals surface area (Å²) in [5, 5.41) is 3.55. The lowest BCUT2D eigenvalue weighted by Gasteiger charge is -2.23. The molecular weight excluding hydrogens is 252 g/mol. The van der Waals surface area contributed by atoms with E-state index in [1.165, 1.54) is 0 Å². The third-order valence-corrected chi connectivity index (χ3v) is 3.56. The van der Waals surface area contributed by atoms with Crippen molar-refractivity contribution >= 4 is 0 Å². The van der Waals surface area contributed by atoms with Crippen molar-refractivity contribution in [1.29, 1.82) is 0 Å². The van der Waals surface area contributed by atoms with Gasteiger partial charge in [-0.05, 0) is 38.2 Å². The number of hydrogen-bond donors (Lipinski definition) is 1. The van der Waals surface area contributed by atoms with Crippen molar-refractivity contribution in [2.75, 3.05) is 33.9 Å². The van der Waals surface area contributed by atoms with Gasteiger partial charge < -0.3 is 19.7 Å². The summed E-state index contributed by atoms with van der Waals surface area (Å²) < 4.78 is 10.7. The topological polar surface area (TPSA) is 33.7 Å². The van der Waals surface area contributed by atoms with E-state index < -0.39 is 0 Å². The van der Waals surface area contributed by atoms with Gasteiger partial charge in [0, 0.05) is 24.7 Å². The monoisotopic (exact) mass is 280 g/mol. The maximum Gasteiger partial charge on any atom is 0.123 e. The summed E-state index contributed by atoms with van der Waals surface area (Å²) in [5.74, 6) is 1.76. The van der Waals surface area contributed by atoms with Crippen LogP contribution in [0.25, 0.3) is 0 Å². The zero-order valence-corrected chi connectivity index (χ0v) is 13.4. The summed E-state index contributed by atoms with van der Waals surface area (Å²) in [6, 6.07) is 6.33. The molecule has 0 aliphatic rings. The van der Waals surface area contributed by atoms with Gasteiger partial charge in [0.15, 0.2) is 0 Å². The normalized spacial score (nSPS) is 12.5. The average Bonchev–Trinajstić information content (AvgIpc) is 2.50. The first-order valence-corrected chi connectivity index (χ1v) is 7.31. The number of ether oxygens (including phenoxy) is 2. The fourth-order valence-electron chi connectivity index (χ4n) is 2.24. The number of nitrogens with one attached hydrogen (secondary N) is 1. The number of nitrogens with zero attached hydrogens (tertiary/aromatic N) is 1. The molecule has 0 aliphatic heterocycles. The van der Waals surface area contributed by atoms with Crippen LogP contribution in [0.1, 0.15) is 26.3 Å². The zero-order valence-electron chi connectivity index (χ0n) is 13.4. The van der Waals surface area contributed by atoms with Crippen molar-refractivity contribution in [3.63, 3.8) is 0 Å². The minimum absolute atomic E-state index is 0.436. The lowest BCUT2D eigenvalue weighted by atomic mass is 10.1. The second-order valence-electron chi connectivity index (χ2n) is 4.95. The van der Waals surface area contributed by atoms with Crippen molar-refractivity contribution in [3.05, 3.63) is 23.8 Å². The SMILES string of the molecule is CCN(CC)CC(C)NCc1cc(OC)ccc1OC. The number of likely N-dealkylation sites (N-methyl/N-ethyl adjacent to an activating group) is 1. The molecule has 1 aromatic carbocycles. The minimum Gasteiger partial charge on any atom is -0.497 e. The molecule has 0 amide bonds. The molecule has 114 valence electrons. The molecule has 0 aliphatic carbocycles. The van der Waals surface area contributed by atoms with E-state index in [4.69, 9.17) is 9.47 Å². The predicted molar refractivity (Wildman–Crippen MR) is 83.6 cm³/mol. The van der Waals surface area contributed by atoms with E-state index in [9.17, 15) is 0 Å². The van der Waals surface area contributed by atoms with Gasteiger partial charge in [-0.25, -0.2) is 0 Å². The van der Waals surface area contributed by atoms with Gasteiger partial charge in [-0.2, -0.15) is 0 Å². The van der Waals surface area contributed by atoms with E-state index in [1.54, 1.807) is 14.2 Å². The maximum absolute atomic E-state index is 5.39. The Morgan fingerprint density at radius 2 is 1.85 bits per heavy atom. The second-order valence-corrected chi connectivity index (χ2v) is 4.95. The Morgan fingerprint density at radius 3 is 2.40 bits per heavy atom. The lowest BCUT2D eigenvalue weighted by Crippen LogP contribution is -2.38. The van der Waals surface area contributed by atoms with E-state index in [0.717, 1.165) is 43.2 Å². The zero-order chi connectivity index (χ0) is 15.0. The molecule has 1 N–H and O–H groups in total. The molecular formula is C16H28N2O2. The first kappa shape index (κ1) is 16.8. The number of hydrogen-bond acceptors (Lipinski definition) is 4. The van der Waals surface area contributed by atoms with Gasteiger partial charge in [0.05, 0.1) is 14.2 Å². The van der Waals surface area contributed by atoms with Crippen molar-refractivity contribution in [3.8, 4) is 11.5 Å². The van der Waals surface area contributed by atoms with E-state index in [1.807, 2.05) is 18.2 Å². The Bertz CT molecular complexity index is 392. The van der Waals surface area contributed by atoms with Crippen LogP contribution in [0, 0.1) is 0 Å². The summed E-state index contributed by atoms with van der Waals surface area (Å²) in [5.41, 5.74) is 1.12. The van der Waals surface area contributed by atoms with Crippen LogP contribution in [0.5, 0.6) is 11.5 Å². The maximum atomic E-state index is 5.39. The summed E-state index contributed by atoms with van der Waals surface area (Å²) in [4.78, 5) is 2.42. The first-order valence-electron chi connectivity index (χ1n) is 7.31. The first-order chi connectivity index (χ1) is 9.64. The van der Waals surface area contributed by atoms with Gasteiger partial charge in [0.2, 0.25) is 0 Å². The smallest absolute Gasteiger partial charge is 0.123 e. The Kier molecular flexibility index (Phi) is 7.41. The van der Waals surface area contributed by atoms with E-state index in [-0.39, 0.29) is 0 Å². The van der Waals surface area contributed by atoms with Gasteiger partial charge in [-0.3, -0.25) is 0 Å². The Balaban J connectivity index is 2.59. The van der Waals surface area contributed by atoms with E-state index >= 15 is 0 Å². The summed E-state index contributed by atoms with van der Waals surface area (Å²) in [6.07, 6.45) is 0. The van der Waals surface area contributed by atoms with Crippen molar-refractivity contribution in [1.82, 2.24) is 10.2 Å². The molecule has 20 heavy (non-hydrogen) atoms. The Labute approximate surface area is 123 Å². The quantitative estimate of drug-likeness (QED) is 0.753. The Hall–Kier alpha value is -1.26.